The zero-order chi connectivity index (χ0) is 17.7. The Kier molecular flexibility index (Phi) is 7.98. The Balaban J connectivity index is 0.00000312. The van der Waals surface area contributed by atoms with Crippen LogP contribution in [-0.2, 0) is 4.74 Å². The van der Waals surface area contributed by atoms with Gasteiger partial charge in [0.2, 0.25) is 0 Å². The lowest BCUT2D eigenvalue weighted by molar-refractivity contribution is 0.0240. The molecule has 0 atom stereocenters. The molecule has 1 aliphatic carbocycles. The van der Waals surface area contributed by atoms with Crippen LogP contribution in [0.1, 0.15) is 39.2 Å². The first-order chi connectivity index (χ1) is 11.2. The normalized spacial score (nSPS) is 14.5. The number of guanidine groups is 1. The van der Waals surface area contributed by atoms with Crippen molar-refractivity contribution in [2.45, 2.75) is 52.2 Å². The van der Waals surface area contributed by atoms with Crippen molar-refractivity contribution in [1.29, 1.82) is 0 Å². The average Bonchev–Trinajstić information content (AvgIpc) is 3.28. The summed E-state index contributed by atoms with van der Waals surface area (Å²) in [6, 6.07) is 8.20. The van der Waals surface area contributed by atoms with Crippen molar-refractivity contribution in [3.05, 3.63) is 29.8 Å². The first-order valence-electron chi connectivity index (χ1n) is 8.38. The van der Waals surface area contributed by atoms with Crippen LogP contribution in [0.2, 0.25) is 0 Å². The lowest BCUT2D eigenvalue weighted by atomic mass is 10.2. The van der Waals surface area contributed by atoms with Gasteiger partial charge in [0.1, 0.15) is 5.60 Å². The molecule has 0 bridgehead atoms. The predicted molar refractivity (Wildman–Crippen MR) is 113 cm³/mol. The monoisotopic (exact) mass is 460 g/mol. The number of halogens is 1. The van der Waals surface area contributed by atoms with Gasteiger partial charge in [0.05, 0.1) is 6.54 Å². The smallest absolute Gasteiger partial charge is 0.410 e. The van der Waals surface area contributed by atoms with Gasteiger partial charge in [-0.25, -0.2) is 4.79 Å². The van der Waals surface area contributed by atoms with Crippen molar-refractivity contribution in [3.63, 3.8) is 0 Å². The van der Waals surface area contributed by atoms with Gasteiger partial charge in [0.25, 0.3) is 0 Å². The SMILES string of the molecule is Cc1ccc(NC(N)=NCCN(C(=O)OC(C)(C)C)C2CC2)cc1.I. The molecule has 1 aromatic carbocycles. The number of amides is 1. The predicted octanol–water partition coefficient (Wildman–Crippen LogP) is 3.74. The topological polar surface area (TPSA) is 80.0 Å². The average molecular weight is 460 g/mol. The van der Waals surface area contributed by atoms with Crippen LogP contribution in [0, 0.1) is 6.92 Å². The Hall–Kier alpha value is -1.51. The summed E-state index contributed by atoms with van der Waals surface area (Å²) < 4.78 is 5.46. The number of nitrogens with two attached hydrogens (primary N) is 1. The lowest BCUT2D eigenvalue weighted by Crippen LogP contribution is -2.40. The van der Waals surface area contributed by atoms with Crippen LogP contribution in [-0.4, -0.2) is 41.7 Å². The van der Waals surface area contributed by atoms with Crippen molar-refractivity contribution in [2.75, 3.05) is 18.4 Å². The van der Waals surface area contributed by atoms with Gasteiger partial charge in [-0.15, -0.1) is 24.0 Å². The van der Waals surface area contributed by atoms with Crippen molar-refractivity contribution in [2.24, 2.45) is 10.7 Å². The number of aryl methyl sites for hydroxylation is 1. The maximum atomic E-state index is 12.2. The number of ether oxygens (including phenoxy) is 1. The summed E-state index contributed by atoms with van der Waals surface area (Å²) in [5, 5.41) is 3.05. The molecule has 25 heavy (non-hydrogen) atoms. The third-order valence-corrected chi connectivity index (χ3v) is 3.56. The van der Waals surface area contributed by atoms with Gasteiger partial charge in [-0.05, 0) is 52.7 Å². The minimum atomic E-state index is -0.487. The molecule has 7 heteroatoms. The van der Waals surface area contributed by atoms with Crippen LogP contribution in [0.3, 0.4) is 0 Å². The molecule has 1 aliphatic rings. The highest BCUT2D eigenvalue weighted by Crippen LogP contribution is 2.28. The summed E-state index contributed by atoms with van der Waals surface area (Å²) in [7, 11) is 0. The van der Waals surface area contributed by atoms with E-state index in [-0.39, 0.29) is 36.1 Å². The second-order valence-corrected chi connectivity index (χ2v) is 7.16. The maximum absolute atomic E-state index is 12.2. The lowest BCUT2D eigenvalue weighted by Gasteiger charge is -2.27. The number of hydrogen-bond donors (Lipinski definition) is 2. The van der Waals surface area contributed by atoms with E-state index in [4.69, 9.17) is 10.5 Å². The number of anilines is 1. The van der Waals surface area contributed by atoms with E-state index >= 15 is 0 Å². The number of nitrogens with zero attached hydrogens (tertiary/aromatic N) is 2. The summed E-state index contributed by atoms with van der Waals surface area (Å²) in [5.74, 6) is 0.346. The van der Waals surface area contributed by atoms with Crippen LogP contribution in [0.5, 0.6) is 0 Å². The molecule has 0 heterocycles. The van der Waals surface area contributed by atoms with E-state index in [0.29, 0.717) is 19.0 Å². The molecule has 0 saturated heterocycles. The molecule has 6 nitrogen and oxygen atoms in total. The van der Waals surface area contributed by atoms with Gasteiger partial charge >= 0.3 is 6.09 Å². The van der Waals surface area contributed by atoms with Gasteiger partial charge in [-0.1, -0.05) is 17.7 Å². The molecular weight excluding hydrogens is 431 g/mol. The maximum Gasteiger partial charge on any atom is 0.410 e. The number of carbonyl (C=O) groups is 1. The molecule has 0 spiro atoms. The van der Waals surface area contributed by atoms with Crippen molar-refractivity contribution >= 4 is 41.7 Å². The number of hydrogen-bond acceptors (Lipinski definition) is 3. The summed E-state index contributed by atoms with van der Waals surface area (Å²) in [5.41, 5.74) is 7.50. The Morgan fingerprint density at radius 1 is 1.32 bits per heavy atom. The number of rotatable bonds is 5. The molecule has 1 fully saturated rings. The zero-order valence-corrected chi connectivity index (χ0v) is 17.7. The van der Waals surface area contributed by atoms with Crippen molar-refractivity contribution < 1.29 is 9.53 Å². The van der Waals surface area contributed by atoms with E-state index < -0.39 is 5.60 Å². The molecule has 3 N–H and O–H groups in total. The third kappa shape index (κ3) is 7.94. The third-order valence-electron chi connectivity index (χ3n) is 3.56. The van der Waals surface area contributed by atoms with E-state index in [1.54, 1.807) is 4.90 Å². The van der Waals surface area contributed by atoms with Gasteiger partial charge in [-0.2, -0.15) is 0 Å². The number of nitrogens with one attached hydrogen (secondary N) is 1. The largest absolute Gasteiger partial charge is 0.444 e. The molecule has 2 rings (SSSR count). The Morgan fingerprint density at radius 2 is 1.92 bits per heavy atom. The standard InChI is InChI=1S/C18H28N4O2.HI/c1-13-5-7-14(8-6-13)21-16(19)20-11-12-22(15-9-10-15)17(23)24-18(2,3)4;/h5-8,15H,9-12H2,1-4H3,(H3,19,20,21);1H. The van der Waals surface area contributed by atoms with Crippen LogP contribution in [0.15, 0.2) is 29.3 Å². The first-order valence-corrected chi connectivity index (χ1v) is 8.38. The fraction of sp³-hybridized carbons (Fsp3) is 0.556. The highest BCUT2D eigenvalue weighted by atomic mass is 127. The van der Waals surface area contributed by atoms with Crippen LogP contribution in [0.25, 0.3) is 0 Å². The molecular formula is C18H29IN4O2. The number of carbonyl (C=O) groups excluding carboxylic acids is 1. The van der Waals surface area contributed by atoms with Crippen molar-refractivity contribution in [1.82, 2.24) is 4.90 Å². The Bertz CT molecular complexity index is 592. The summed E-state index contributed by atoms with van der Waals surface area (Å²) in [6.45, 7) is 8.60. The molecule has 0 aliphatic heterocycles. The van der Waals surface area contributed by atoms with E-state index in [1.807, 2.05) is 52.0 Å². The van der Waals surface area contributed by atoms with E-state index in [2.05, 4.69) is 10.3 Å². The second-order valence-electron chi connectivity index (χ2n) is 7.16. The first kappa shape index (κ1) is 21.5. The number of benzene rings is 1. The summed E-state index contributed by atoms with van der Waals surface area (Å²) >= 11 is 0. The molecule has 0 radical (unpaired) electrons. The minimum Gasteiger partial charge on any atom is -0.444 e. The van der Waals surface area contributed by atoms with E-state index in [1.165, 1.54) is 5.56 Å². The molecule has 0 unspecified atom stereocenters. The quantitative estimate of drug-likeness (QED) is 0.399. The van der Waals surface area contributed by atoms with Gasteiger partial charge in [0.15, 0.2) is 5.96 Å². The molecule has 1 aromatic rings. The molecule has 1 amide bonds. The van der Waals surface area contributed by atoms with Gasteiger partial charge in [-0.3, -0.25) is 4.99 Å². The van der Waals surface area contributed by atoms with E-state index in [9.17, 15) is 4.79 Å². The fourth-order valence-electron chi connectivity index (χ4n) is 2.23. The fourth-order valence-corrected chi connectivity index (χ4v) is 2.23. The van der Waals surface area contributed by atoms with Gasteiger partial charge < -0.3 is 20.7 Å². The molecule has 1 saturated carbocycles. The van der Waals surface area contributed by atoms with Crippen LogP contribution < -0.4 is 11.1 Å². The number of aliphatic imine (C=N–C) groups is 1. The van der Waals surface area contributed by atoms with Crippen LogP contribution in [0.4, 0.5) is 10.5 Å². The Labute approximate surface area is 167 Å². The summed E-state index contributed by atoms with van der Waals surface area (Å²) in [4.78, 5) is 18.3. The van der Waals surface area contributed by atoms with Crippen molar-refractivity contribution in [3.8, 4) is 0 Å². The molecule has 0 aromatic heterocycles. The second kappa shape index (κ2) is 9.26. The molecule has 140 valence electrons. The highest BCUT2D eigenvalue weighted by Gasteiger charge is 2.34. The zero-order valence-electron chi connectivity index (χ0n) is 15.4. The van der Waals surface area contributed by atoms with Gasteiger partial charge in [0, 0.05) is 18.3 Å². The Morgan fingerprint density at radius 3 is 2.44 bits per heavy atom. The minimum absolute atomic E-state index is 0. The van der Waals surface area contributed by atoms with Crippen LogP contribution >= 0.6 is 24.0 Å². The highest BCUT2D eigenvalue weighted by molar-refractivity contribution is 14.0. The summed E-state index contributed by atoms with van der Waals surface area (Å²) in [6.07, 6.45) is 1.78. The van der Waals surface area contributed by atoms with E-state index in [0.717, 1.165) is 18.5 Å².